The van der Waals surface area contributed by atoms with Gasteiger partial charge in [0.25, 0.3) is 23.6 Å². The van der Waals surface area contributed by atoms with Crippen LogP contribution in [0.5, 0.6) is 0 Å². The number of anilines is 1. The molecule has 0 spiro atoms. The Bertz CT molecular complexity index is 4090. The molecule has 23 N–H and O–H groups in total. The van der Waals surface area contributed by atoms with Gasteiger partial charge < -0.3 is 181 Å². The molecule has 5 aliphatic heterocycles. The average molecular weight is 1900 g/mol. The molecule has 23 unspecified atom stereocenters. The Morgan fingerprint density at radius 1 is 0.429 bits per heavy atom. The molecule has 7 rings (SSSR count). The van der Waals surface area contributed by atoms with Gasteiger partial charge in [0.05, 0.1) is 138 Å². The van der Waals surface area contributed by atoms with Crippen LogP contribution in [0.15, 0.2) is 36.4 Å². The van der Waals surface area contributed by atoms with Crippen LogP contribution in [0.1, 0.15) is 128 Å². The van der Waals surface area contributed by atoms with E-state index in [1.807, 2.05) is 20.8 Å². The number of likely N-dealkylation sites (tertiary alicyclic amines) is 1. The molecule has 5 aliphatic rings. The van der Waals surface area contributed by atoms with Crippen molar-refractivity contribution in [3.63, 3.8) is 0 Å². The number of benzene rings is 2. The topological polar surface area (TPSA) is 702 Å². The van der Waals surface area contributed by atoms with Crippen LogP contribution >= 0.6 is 0 Å². The zero-order valence-electron chi connectivity index (χ0n) is 75.6. The molecule has 133 heavy (non-hydrogen) atoms. The van der Waals surface area contributed by atoms with Crippen LogP contribution in [0.2, 0.25) is 0 Å². The highest BCUT2D eigenvalue weighted by Crippen LogP contribution is 2.48. The van der Waals surface area contributed by atoms with Gasteiger partial charge in [-0.15, -0.1) is 0 Å². The Labute approximate surface area is 767 Å². The monoisotopic (exact) mass is 1900 g/mol. The highest BCUT2D eigenvalue weighted by Gasteiger charge is 2.53. The van der Waals surface area contributed by atoms with Crippen LogP contribution < -0.4 is 53.2 Å². The van der Waals surface area contributed by atoms with E-state index in [-0.39, 0.29) is 165 Å². The van der Waals surface area contributed by atoms with E-state index in [2.05, 4.69) is 53.2 Å². The smallest absolute Gasteiger partial charge is 0.251 e. The zero-order chi connectivity index (χ0) is 97.8. The molecule has 48 nitrogen and oxygen atoms in total. The Kier molecular flexibility index (Phi) is 46.4. The molecule has 0 radical (unpaired) electrons. The lowest BCUT2D eigenvalue weighted by atomic mass is 9.67. The van der Waals surface area contributed by atoms with Gasteiger partial charge in [-0.25, -0.2) is 0 Å². The van der Waals surface area contributed by atoms with Crippen LogP contribution in [0.4, 0.5) is 5.69 Å². The van der Waals surface area contributed by atoms with E-state index in [0.29, 0.717) is 6.42 Å². The highest BCUT2D eigenvalue weighted by atomic mass is 16.7. The number of ether oxygens (including phenoxy) is 12. The van der Waals surface area contributed by atoms with Crippen molar-refractivity contribution in [2.24, 2.45) is 22.7 Å². The summed E-state index contributed by atoms with van der Waals surface area (Å²) in [5.41, 5.74) is -1.68. The molecule has 5 saturated heterocycles. The lowest BCUT2D eigenvalue weighted by Gasteiger charge is -2.42. The number of Topliss-reactive ketones (excluding diaryl/α,β-unsaturated/α-hetero) is 1. The van der Waals surface area contributed by atoms with E-state index in [0.717, 1.165) is 0 Å². The van der Waals surface area contributed by atoms with Crippen molar-refractivity contribution >= 4 is 76.4 Å². The van der Waals surface area contributed by atoms with Crippen LogP contribution in [-0.4, -0.2) is 423 Å². The fraction of sp³-hybridized carbons (Fsp3) is 0.718. The Balaban J connectivity index is 0.996. The van der Waals surface area contributed by atoms with Crippen molar-refractivity contribution in [2.75, 3.05) is 170 Å². The van der Waals surface area contributed by atoms with Crippen molar-refractivity contribution < 1.29 is 181 Å². The van der Waals surface area contributed by atoms with E-state index < -0.39 is 275 Å². The summed E-state index contributed by atoms with van der Waals surface area (Å²) in [6.07, 6.45) is -22.3. The molecule has 2 aromatic carbocycles. The summed E-state index contributed by atoms with van der Waals surface area (Å²) >= 11 is 0. The summed E-state index contributed by atoms with van der Waals surface area (Å²) in [6, 6.07) is 3.49. The number of carbonyl (C=O) groups is 12. The van der Waals surface area contributed by atoms with E-state index in [1.165, 1.54) is 50.2 Å². The summed E-state index contributed by atoms with van der Waals surface area (Å²) in [5.74, 6) is -10.2. The molecule has 750 valence electrons. The van der Waals surface area contributed by atoms with Crippen molar-refractivity contribution in [3.8, 4) is 0 Å². The summed E-state index contributed by atoms with van der Waals surface area (Å²) < 4.78 is 67.4. The first-order valence-electron chi connectivity index (χ1n) is 44.1. The predicted molar refractivity (Wildman–Crippen MR) is 458 cm³/mol. The van der Waals surface area contributed by atoms with Gasteiger partial charge in [-0.3, -0.25) is 57.5 Å². The van der Waals surface area contributed by atoms with E-state index in [1.54, 1.807) is 18.7 Å². The molecular formula is C85H133N11O37. The first-order valence-corrected chi connectivity index (χ1v) is 44.1. The number of hydrogen-bond acceptors (Lipinski definition) is 37. The third kappa shape index (κ3) is 33.6. The Hall–Kier alpha value is -8.72. The minimum Gasteiger partial charge on any atom is -0.396 e. The van der Waals surface area contributed by atoms with Crippen LogP contribution in [0.25, 0.3) is 0 Å². The van der Waals surface area contributed by atoms with Crippen LogP contribution in [0.3, 0.4) is 0 Å². The molecule has 2 aromatic rings. The zero-order valence-corrected chi connectivity index (χ0v) is 75.6. The average Bonchev–Trinajstić information content (AvgIpc) is 1.62. The molecule has 0 aromatic heterocycles. The van der Waals surface area contributed by atoms with E-state index in [9.17, 15) is 124 Å². The maximum atomic E-state index is 14.3. The normalized spacial score (nSPS) is 28.3. The summed E-state index contributed by atoms with van der Waals surface area (Å²) in [6.45, 7) is 5.87. The largest absolute Gasteiger partial charge is 0.396 e. The second-order valence-corrected chi connectivity index (χ2v) is 33.5. The maximum Gasteiger partial charge on any atom is 0.251 e. The number of ketones is 1. The van der Waals surface area contributed by atoms with Gasteiger partial charge in [0.15, 0.2) is 30.9 Å². The standard InChI is InChI=1S/C85H133N11O37/c1-8-84(6)42-96(43-85(84,7)44-101)64(108)12-11-62(106)95-56(79(121)91-37-63(107)94-54-34-52(77(119)88-15-19-123-22-26-127-81-46(3)68(110)70(112)58(39-98)131-81)33-53(35-54)78(120)89-16-20-125-24-28-129-83-66(93-48(5)103)74(116)72(114)60(41-100)133-83)9-10-61(105)90-36-55(104)31-49-29-50(75(117)86-13-17-122-21-25-126-80-45(2)67(109)69(111)57(38-97)130-80)32-51(30-49)76(118)87-14-18-124-23-27-128-82-65(92-47(4)102)73(115)71(113)59(40-99)132-82/h29-30,32-35,45-46,56-60,65-74,80-83,97-101,109-116H,8-28,31,36-44H2,1-7H3,(H,86,117)(H,87,118)(H,88,119)(H,89,120)(H,90,105)(H,91,121)(H,92,102)(H,93,103)(H,94,107)(H,95,106). The SMILES string of the molecule is CCC1(C)CN(C(=O)CCC(=O)NC(CCC(=O)NCC(=O)Cc2cc(C(=O)NCCOCCOC3OC(CO)C(O)C(O)C3C)cc(C(=O)NCCOCCOC3OC(CO)C(O)C(O)C3NC(C)=O)c2)C(=O)NCC(=O)Nc2cc(C(=O)NCCOCCOC3OC(CO)C(O)C(O)C3C)cc(C(=O)NCCOCCOC3OC(CO)C(O)C(O)C3NC(C)=O)c2)CC1(C)CO. The molecule has 0 aliphatic carbocycles. The number of amides is 11. The Morgan fingerprint density at radius 3 is 1.18 bits per heavy atom. The molecule has 23 atom stereocenters. The number of nitrogens with zero attached hydrogens (tertiary/aromatic N) is 1. The first kappa shape index (κ1) is 111. The lowest BCUT2D eigenvalue weighted by Crippen LogP contribution is -2.64. The number of rotatable bonds is 55. The number of aliphatic hydroxyl groups excluding tert-OH is 13. The van der Waals surface area contributed by atoms with E-state index >= 15 is 0 Å². The van der Waals surface area contributed by atoms with Crippen LogP contribution in [0, 0.1) is 22.7 Å². The summed E-state index contributed by atoms with van der Waals surface area (Å²) in [5, 5.41) is 157. The van der Waals surface area contributed by atoms with Gasteiger partial charge in [-0.05, 0) is 60.2 Å². The second kappa shape index (κ2) is 55.5. The minimum atomic E-state index is -1.60. The van der Waals surface area contributed by atoms with Gasteiger partial charge in [-0.2, -0.15) is 0 Å². The van der Waals surface area contributed by atoms with Gasteiger partial charge in [0.2, 0.25) is 41.4 Å². The summed E-state index contributed by atoms with van der Waals surface area (Å²) in [4.78, 5) is 164. The second-order valence-electron chi connectivity index (χ2n) is 33.5. The molecule has 5 fully saturated rings. The molecule has 48 heteroatoms. The minimum absolute atomic E-state index is 0.0190. The van der Waals surface area contributed by atoms with Crippen molar-refractivity contribution in [1.82, 2.24) is 52.8 Å². The third-order valence-electron chi connectivity index (χ3n) is 23.5. The van der Waals surface area contributed by atoms with Gasteiger partial charge >= 0.3 is 0 Å². The molecular weight excluding hydrogens is 1770 g/mol. The van der Waals surface area contributed by atoms with Crippen molar-refractivity contribution in [2.45, 2.75) is 204 Å². The molecule has 11 amide bonds. The van der Waals surface area contributed by atoms with Crippen molar-refractivity contribution in [3.05, 3.63) is 64.2 Å². The number of hydrogen-bond donors (Lipinski definition) is 23. The van der Waals surface area contributed by atoms with Gasteiger partial charge in [0, 0.05) is 124 Å². The fourth-order valence-electron chi connectivity index (χ4n) is 15.2. The van der Waals surface area contributed by atoms with E-state index in [4.69, 9.17) is 56.8 Å². The number of aliphatic hydroxyl groups is 13. The molecule has 5 heterocycles. The predicted octanol–water partition coefficient (Wildman–Crippen LogP) is -8.94. The Morgan fingerprint density at radius 2 is 0.805 bits per heavy atom. The number of nitrogens with one attached hydrogen (secondary N) is 10. The van der Waals surface area contributed by atoms with Crippen LogP contribution in [-0.2, 0) is 102 Å². The molecule has 0 bridgehead atoms. The van der Waals surface area contributed by atoms with Gasteiger partial charge in [-0.1, -0.05) is 34.6 Å². The fourth-order valence-corrected chi connectivity index (χ4v) is 15.2. The van der Waals surface area contributed by atoms with Gasteiger partial charge in [0.1, 0.15) is 79.2 Å². The quantitative estimate of drug-likeness (QED) is 0.0274. The van der Waals surface area contributed by atoms with Crippen molar-refractivity contribution in [1.29, 1.82) is 0 Å². The third-order valence-corrected chi connectivity index (χ3v) is 23.5. The number of carbonyl (C=O) groups excluding carboxylic acids is 12. The lowest BCUT2D eigenvalue weighted by molar-refractivity contribution is -0.284. The molecule has 0 saturated carbocycles. The highest BCUT2D eigenvalue weighted by molar-refractivity contribution is 6.04. The maximum absolute atomic E-state index is 14.3. The summed E-state index contributed by atoms with van der Waals surface area (Å²) in [7, 11) is 0. The first-order chi connectivity index (χ1) is 63.3.